The van der Waals surface area contributed by atoms with Gasteiger partial charge >= 0.3 is 6.03 Å². The van der Waals surface area contributed by atoms with Gasteiger partial charge in [-0.25, -0.2) is 4.79 Å². The second-order valence-electron chi connectivity index (χ2n) is 18.6. The largest absolute Gasteiger partial charge is 0.338 e. The number of aryl methyl sites for hydroxylation is 6. The summed E-state index contributed by atoms with van der Waals surface area (Å²) in [4.78, 5) is 20.1. The average Bonchev–Trinajstić information content (AvgIpc) is 3.08. The molecule has 0 unspecified atom stereocenters. The van der Waals surface area contributed by atoms with Crippen LogP contribution in [0.25, 0.3) is 10.8 Å². The zero-order valence-corrected chi connectivity index (χ0v) is 34.0. The number of hydrogen-bond acceptors (Lipinski definition) is 1. The molecule has 3 heterocycles. The molecule has 0 saturated heterocycles. The summed E-state index contributed by atoms with van der Waals surface area (Å²) in [6.07, 6.45) is 0. The minimum absolute atomic E-state index is 0.00471. The predicted molar refractivity (Wildman–Crippen MR) is 235 cm³/mol. The molecule has 3 aliphatic rings. The lowest BCUT2D eigenvalue weighted by atomic mass is 9.32. The number of rotatable bonds is 2. The Kier molecular flexibility index (Phi) is 7.39. The van der Waals surface area contributed by atoms with Crippen LogP contribution in [0.1, 0.15) is 86.1 Å². The van der Waals surface area contributed by atoms with Crippen molar-refractivity contribution in [1.82, 2.24) is 0 Å². The van der Waals surface area contributed by atoms with Crippen molar-refractivity contribution in [2.75, 3.05) is 9.80 Å². The highest BCUT2D eigenvalue weighted by Crippen LogP contribution is 2.48. The first kappa shape index (κ1) is 34.7. The van der Waals surface area contributed by atoms with Crippen molar-refractivity contribution in [3.63, 3.8) is 0 Å². The number of benzene rings is 6. The van der Waals surface area contributed by atoms with Gasteiger partial charge in [-0.15, -0.1) is 0 Å². The monoisotopic (exact) mass is 704 g/mol. The fourth-order valence-electron chi connectivity index (χ4n) is 10.2. The third-order valence-electron chi connectivity index (χ3n) is 12.6. The van der Waals surface area contributed by atoms with Crippen molar-refractivity contribution in [2.24, 2.45) is 0 Å². The second kappa shape index (κ2) is 11.5. The Balaban J connectivity index is 1.45. The summed E-state index contributed by atoms with van der Waals surface area (Å²) in [6.45, 7) is 27.0. The summed E-state index contributed by atoms with van der Waals surface area (Å²) in [5, 5.41) is 2.33. The molecule has 3 nitrogen and oxygen atoms in total. The Bertz CT molecular complexity index is 2420. The lowest BCUT2D eigenvalue weighted by molar-refractivity contribution is 0.255. The van der Waals surface area contributed by atoms with E-state index in [0.29, 0.717) is 0 Å². The smallest absolute Gasteiger partial charge is 0.263 e. The number of amides is 2. The number of fused-ring (bicyclic) bond motifs is 4. The van der Waals surface area contributed by atoms with Gasteiger partial charge in [-0.1, -0.05) is 159 Å². The summed E-state index contributed by atoms with van der Waals surface area (Å²) in [5.74, 6) is 0. The number of anilines is 4. The van der Waals surface area contributed by atoms with E-state index in [9.17, 15) is 0 Å². The maximum Gasteiger partial charge on any atom is 0.338 e. The highest BCUT2D eigenvalue weighted by Gasteiger charge is 2.49. The van der Waals surface area contributed by atoms with Crippen molar-refractivity contribution in [1.29, 1.82) is 0 Å². The summed E-state index contributed by atoms with van der Waals surface area (Å²) in [6, 6.07) is 32.3. The quantitative estimate of drug-likeness (QED) is 0.166. The maximum atomic E-state index is 15.9. The van der Waals surface area contributed by atoms with Crippen molar-refractivity contribution in [3.05, 3.63) is 129 Å². The van der Waals surface area contributed by atoms with Gasteiger partial charge in [0.25, 0.3) is 0 Å². The van der Waals surface area contributed by atoms with Crippen molar-refractivity contribution in [2.45, 2.75) is 93.9 Å². The first-order chi connectivity index (χ1) is 25.5. The van der Waals surface area contributed by atoms with Crippen LogP contribution in [0.2, 0.25) is 0 Å². The van der Waals surface area contributed by atoms with E-state index < -0.39 is 0 Å². The molecule has 6 aromatic carbocycles. The molecule has 268 valence electrons. The van der Waals surface area contributed by atoms with Gasteiger partial charge in [-0.2, -0.15) is 0 Å². The standard InChI is InChI=1S/C49H50B2N2O/c1-27-21-29(3)43(30(4)22-27)50-36-19-15-34(48(7,8)9)25-40(36)52-45-38(50)17-13-33-14-18-39-46(42(33)45)53(47(52)54)41-26-35(49(10,11)12)16-20-37(41)51(39)44-31(5)23-28(2)24-32(44)6/h13-26H,1-12H3. The molecule has 0 atom stereocenters. The van der Waals surface area contributed by atoms with E-state index in [0.717, 1.165) is 28.1 Å². The molecule has 3 aliphatic heterocycles. The van der Waals surface area contributed by atoms with E-state index >= 15 is 4.79 Å². The van der Waals surface area contributed by atoms with Gasteiger partial charge in [0.1, 0.15) is 0 Å². The summed E-state index contributed by atoms with van der Waals surface area (Å²) in [7, 11) is 0. The van der Waals surface area contributed by atoms with Crippen LogP contribution in [0.4, 0.5) is 27.5 Å². The first-order valence-electron chi connectivity index (χ1n) is 19.6. The van der Waals surface area contributed by atoms with E-state index in [1.807, 2.05) is 0 Å². The Labute approximate surface area is 322 Å². The molecule has 0 aromatic heterocycles. The fourth-order valence-corrected chi connectivity index (χ4v) is 10.2. The maximum absolute atomic E-state index is 15.9. The fraction of sp³-hybridized carbons (Fsp3) is 0.286. The zero-order chi connectivity index (χ0) is 38.3. The Hall–Kier alpha value is -5.02. The van der Waals surface area contributed by atoms with E-state index in [2.05, 4.69) is 178 Å². The molecule has 54 heavy (non-hydrogen) atoms. The van der Waals surface area contributed by atoms with Crippen LogP contribution >= 0.6 is 0 Å². The molecule has 5 heteroatoms. The minimum atomic E-state index is -0.0905. The van der Waals surface area contributed by atoms with Crippen LogP contribution in [-0.2, 0) is 10.8 Å². The van der Waals surface area contributed by atoms with Gasteiger partial charge in [0.05, 0.1) is 11.4 Å². The Morgan fingerprint density at radius 2 is 0.815 bits per heavy atom. The van der Waals surface area contributed by atoms with E-state index in [-0.39, 0.29) is 30.3 Å². The van der Waals surface area contributed by atoms with Crippen LogP contribution in [0.3, 0.4) is 0 Å². The SMILES string of the molecule is Cc1cc(C)c(B2c3ccc(C(C)(C)C)cc3N3C(=O)N4c5cc(C(C)(C)C)ccc5B(c5c(C)cc(C)cc5C)c5ccc6ccc2c3c6c54)c(C)c1. The third kappa shape index (κ3) is 4.86. The molecule has 0 bridgehead atoms. The van der Waals surface area contributed by atoms with Gasteiger partial charge in [0.2, 0.25) is 13.4 Å². The molecule has 9 rings (SSSR count). The highest BCUT2D eigenvalue weighted by atomic mass is 16.2. The van der Waals surface area contributed by atoms with Gasteiger partial charge in [-0.05, 0) is 103 Å². The Morgan fingerprint density at radius 3 is 1.17 bits per heavy atom. The van der Waals surface area contributed by atoms with Crippen molar-refractivity contribution in [3.8, 4) is 0 Å². The van der Waals surface area contributed by atoms with E-state index in [1.165, 1.54) is 82.7 Å². The molecule has 0 radical (unpaired) electrons. The molecule has 0 saturated carbocycles. The van der Waals surface area contributed by atoms with Crippen molar-refractivity contribution < 1.29 is 4.79 Å². The third-order valence-corrected chi connectivity index (χ3v) is 12.6. The molecule has 0 spiro atoms. The minimum Gasteiger partial charge on any atom is -0.263 e. The molecule has 2 amide bonds. The summed E-state index contributed by atoms with van der Waals surface area (Å²) in [5.41, 5.74) is 21.5. The van der Waals surface area contributed by atoms with Gasteiger partial charge in [0, 0.05) is 16.8 Å². The molecule has 0 aliphatic carbocycles. The van der Waals surface area contributed by atoms with Crippen LogP contribution in [-0.4, -0.2) is 19.5 Å². The molecule has 0 fully saturated rings. The molecular weight excluding hydrogens is 654 g/mol. The highest BCUT2D eigenvalue weighted by molar-refractivity contribution is 7.00. The topological polar surface area (TPSA) is 23.6 Å². The first-order valence-corrected chi connectivity index (χ1v) is 19.6. The number of urea groups is 1. The number of carbonyl (C=O) groups is 1. The van der Waals surface area contributed by atoms with Crippen molar-refractivity contribution >= 4 is 85.8 Å². The predicted octanol–water partition coefficient (Wildman–Crippen LogP) is 8.35. The average molecular weight is 705 g/mol. The number of nitrogens with zero attached hydrogens (tertiary/aromatic N) is 2. The van der Waals surface area contributed by atoms with Crippen LogP contribution in [0.5, 0.6) is 0 Å². The van der Waals surface area contributed by atoms with Crippen LogP contribution in [0.15, 0.2) is 84.9 Å². The Morgan fingerprint density at radius 1 is 0.463 bits per heavy atom. The van der Waals surface area contributed by atoms with E-state index in [1.54, 1.807) is 0 Å². The number of carbonyl (C=O) groups excluding carboxylic acids is 1. The van der Waals surface area contributed by atoms with Gasteiger partial charge in [-0.3, -0.25) is 9.80 Å². The normalized spacial score (nSPS) is 14.6. The molecule has 6 aromatic rings. The van der Waals surface area contributed by atoms with Gasteiger partial charge < -0.3 is 0 Å². The second-order valence-corrected chi connectivity index (χ2v) is 18.6. The lowest BCUT2D eigenvalue weighted by Crippen LogP contribution is -2.65. The molecule has 0 N–H and O–H groups in total. The van der Waals surface area contributed by atoms with Crippen LogP contribution < -0.4 is 42.6 Å². The van der Waals surface area contributed by atoms with E-state index in [4.69, 9.17) is 0 Å². The molecular formula is C49H50B2N2O. The van der Waals surface area contributed by atoms with Crippen LogP contribution in [0, 0.1) is 41.5 Å². The number of hydrogen-bond donors (Lipinski definition) is 0. The summed E-state index contributed by atoms with van der Waals surface area (Å²) < 4.78 is 0. The summed E-state index contributed by atoms with van der Waals surface area (Å²) >= 11 is 0. The lowest BCUT2D eigenvalue weighted by Gasteiger charge is -2.47. The zero-order valence-electron chi connectivity index (χ0n) is 34.0. The van der Waals surface area contributed by atoms with Gasteiger partial charge in [0.15, 0.2) is 0 Å².